The highest BCUT2D eigenvalue weighted by atomic mass is 16.2. The van der Waals surface area contributed by atoms with Gasteiger partial charge in [0.25, 0.3) is 0 Å². The second-order valence-corrected chi connectivity index (χ2v) is 5.54. The molecule has 0 aromatic carbocycles. The lowest BCUT2D eigenvalue weighted by Crippen LogP contribution is -2.51. The highest BCUT2D eigenvalue weighted by Gasteiger charge is 2.34. The molecule has 102 valence electrons. The van der Waals surface area contributed by atoms with Crippen molar-refractivity contribution in [3.05, 3.63) is 0 Å². The zero-order valence-electron chi connectivity index (χ0n) is 11.0. The van der Waals surface area contributed by atoms with Crippen LogP contribution in [0.3, 0.4) is 0 Å². The number of primary amides is 1. The highest BCUT2D eigenvalue weighted by Crippen LogP contribution is 2.25. The molecule has 2 amide bonds. The Morgan fingerprint density at radius 2 is 1.78 bits per heavy atom. The van der Waals surface area contributed by atoms with Crippen LogP contribution in [0.1, 0.15) is 32.6 Å². The number of carbonyl (C=O) groups is 2. The molecule has 3 N–H and O–H groups in total. The zero-order chi connectivity index (χ0) is 13.1. The van der Waals surface area contributed by atoms with Crippen molar-refractivity contribution in [2.24, 2.45) is 17.6 Å². The molecule has 0 spiro atoms. The monoisotopic (exact) mass is 253 g/mol. The Balaban J connectivity index is 2.00. The van der Waals surface area contributed by atoms with E-state index in [1.54, 1.807) is 0 Å². The molecule has 0 saturated carbocycles. The van der Waals surface area contributed by atoms with E-state index < -0.39 is 0 Å². The first-order valence-electron chi connectivity index (χ1n) is 6.90. The quantitative estimate of drug-likeness (QED) is 0.733. The summed E-state index contributed by atoms with van der Waals surface area (Å²) in [7, 11) is 0. The predicted octanol–water partition coefficient (Wildman–Crippen LogP) is 0.0984. The molecule has 0 aromatic rings. The van der Waals surface area contributed by atoms with Gasteiger partial charge in [-0.2, -0.15) is 0 Å². The normalized spacial score (nSPS) is 30.2. The Morgan fingerprint density at radius 1 is 1.11 bits per heavy atom. The first-order chi connectivity index (χ1) is 8.59. The van der Waals surface area contributed by atoms with Gasteiger partial charge < -0.3 is 16.0 Å². The Kier molecular flexibility index (Phi) is 4.22. The summed E-state index contributed by atoms with van der Waals surface area (Å²) in [5, 5.41) is 3.27. The van der Waals surface area contributed by atoms with Gasteiger partial charge in [0.05, 0.1) is 5.92 Å². The van der Waals surface area contributed by atoms with Gasteiger partial charge in [-0.15, -0.1) is 0 Å². The Labute approximate surface area is 108 Å². The van der Waals surface area contributed by atoms with Crippen molar-refractivity contribution in [1.82, 2.24) is 10.2 Å². The third kappa shape index (κ3) is 2.83. The minimum atomic E-state index is -0.273. The SMILES string of the molecule is CC1CCC(C(N)=O)CN1C(=O)C1CCNCC1. The summed E-state index contributed by atoms with van der Waals surface area (Å²) in [6, 6.07) is 0.239. The van der Waals surface area contributed by atoms with E-state index in [2.05, 4.69) is 12.2 Å². The van der Waals surface area contributed by atoms with Crippen LogP contribution in [0, 0.1) is 11.8 Å². The van der Waals surface area contributed by atoms with Crippen LogP contribution in [-0.4, -0.2) is 42.4 Å². The fraction of sp³-hybridized carbons (Fsp3) is 0.846. The lowest BCUT2D eigenvalue weighted by Gasteiger charge is -2.39. The van der Waals surface area contributed by atoms with Gasteiger partial charge in [-0.3, -0.25) is 9.59 Å². The van der Waals surface area contributed by atoms with Crippen molar-refractivity contribution in [1.29, 1.82) is 0 Å². The van der Waals surface area contributed by atoms with Crippen LogP contribution in [0.25, 0.3) is 0 Å². The molecule has 2 saturated heterocycles. The number of nitrogens with zero attached hydrogens (tertiary/aromatic N) is 1. The fourth-order valence-corrected chi connectivity index (χ4v) is 2.95. The summed E-state index contributed by atoms with van der Waals surface area (Å²) < 4.78 is 0. The van der Waals surface area contributed by atoms with Crippen molar-refractivity contribution in [2.45, 2.75) is 38.6 Å². The van der Waals surface area contributed by atoms with Crippen LogP contribution in [-0.2, 0) is 9.59 Å². The summed E-state index contributed by atoms with van der Waals surface area (Å²) in [5.74, 6) is -0.0906. The van der Waals surface area contributed by atoms with E-state index in [1.807, 2.05) is 4.90 Å². The van der Waals surface area contributed by atoms with E-state index >= 15 is 0 Å². The average molecular weight is 253 g/mol. The van der Waals surface area contributed by atoms with E-state index in [9.17, 15) is 9.59 Å². The smallest absolute Gasteiger partial charge is 0.226 e. The topological polar surface area (TPSA) is 75.4 Å². The number of likely N-dealkylation sites (tertiary alicyclic amines) is 1. The van der Waals surface area contributed by atoms with Crippen LogP contribution >= 0.6 is 0 Å². The summed E-state index contributed by atoms with van der Waals surface area (Å²) in [5.41, 5.74) is 5.37. The number of nitrogens with two attached hydrogens (primary N) is 1. The molecule has 2 aliphatic rings. The molecule has 2 atom stereocenters. The van der Waals surface area contributed by atoms with E-state index in [1.165, 1.54) is 0 Å². The molecule has 2 heterocycles. The molecule has 0 aromatic heterocycles. The summed E-state index contributed by atoms with van der Waals surface area (Å²) in [6.07, 6.45) is 3.50. The number of nitrogens with one attached hydrogen (secondary N) is 1. The number of hydrogen-bond acceptors (Lipinski definition) is 3. The predicted molar refractivity (Wildman–Crippen MR) is 68.7 cm³/mol. The third-order valence-electron chi connectivity index (χ3n) is 4.26. The standard InChI is InChI=1S/C13H23N3O2/c1-9-2-3-11(12(14)17)8-16(9)13(18)10-4-6-15-7-5-10/h9-11,15H,2-8H2,1H3,(H2,14,17). The van der Waals surface area contributed by atoms with Crippen LogP contribution < -0.4 is 11.1 Å². The second-order valence-electron chi connectivity index (χ2n) is 5.54. The Bertz CT molecular complexity index is 326. The number of hydrogen-bond donors (Lipinski definition) is 2. The van der Waals surface area contributed by atoms with Crippen LogP contribution in [0.15, 0.2) is 0 Å². The van der Waals surface area contributed by atoms with Crippen LogP contribution in [0.5, 0.6) is 0 Å². The molecule has 18 heavy (non-hydrogen) atoms. The molecule has 2 unspecified atom stereocenters. The second kappa shape index (κ2) is 5.69. The molecular formula is C13H23N3O2. The maximum atomic E-state index is 12.5. The number of rotatable bonds is 2. The van der Waals surface area contributed by atoms with Gasteiger partial charge in [-0.25, -0.2) is 0 Å². The third-order valence-corrected chi connectivity index (χ3v) is 4.26. The molecule has 2 rings (SSSR count). The molecule has 5 nitrogen and oxygen atoms in total. The van der Waals surface area contributed by atoms with Crippen LogP contribution in [0.2, 0.25) is 0 Å². The molecular weight excluding hydrogens is 230 g/mol. The molecule has 0 aliphatic carbocycles. The van der Waals surface area contributed by atoms with E-state index in [0.717, 1.165) is 38.8 Å². The summed E-state index contributed by atoms with van der Waals surface area (Å²) in [6.45, 7) is 4.41. The maximum Gasteiger partial charge on any atom is 0.226 e. The Morgan fingerprint density at radius 3 is 2.39 bits per heavy atom. The van der Waals surface area contributed by atoms with Crippen molar-refractivity contribution in [2.75, 3.05) is 19.6 Å². The fourth-order valence-electron chi connectivity index (χ4n) is 2.95. The summed E-state index contributed by atoms with van der Waals surface area (Å²) in [4.78, 5) is 25.6. The van der Waals surface area contributed by atoms with Gasteiger partial charge in [-0.05, 0) is 45.7 Å². The lowest BCUT2D eigenvalue weighted by atomic mass is 9.89. The largest absolute Gasteiger partial charge is 0.369 e. The number of amides is 2. The molecule has 2 fully saturated rings. The minimum Gasteiger partial charge on any atom is -0.369 e. The van der Waals surface area contributed by atoms with E-state index in [-0.39, 0.29) is 29.7 Å². The zero-order valence-corrected chi connectivity index (χ0v) is 11.0. The first-order valence-corrected chi connectivity index (χ1v) is 6.90. The molecule has 5 heteroatoms. The van der Waals surface area contributed by atoms with Gasteiger partial charge in [-0.1, -0.05) is 0 Å². The van der Waals surface area contributed by atoms with E-state index in [0.29, 0.717) is 6.54 Å². The lowest BCUT2D eigenvalue weighted by molar-refractivity contribution is -0.142. The van der Waals surface area contributed by atoms with Gasteiger partial charge in [0.2, 0.25) is 11.8 Å². The molecule has 0 radical (unpaired) electrons. The molecule has 2 aliphatic heterocycles. The van der Waals surface area contributed by atoms with Crippen molar-refractivity contribution < 1.29 is 9.59 Å². The van der Waals surface area contributed by atoms with Gasteiger partial charge in [0.1, 0.15) is 0 Å². The Hall–Kier alpha value is -1.10. The first kappa shape index (κ1) is 13.3. The van der Waals surface area contributed by atoms with Gasteiger partial charge in [0, 0.05) is 18.5 Å². The number of piperidine rings is 2. The average Bonchev–Trinajstić information content (AvgIpc) is 2.39. The maximum absolute atomic E-state index is 12.5. The van der Waals surface area contributed by atoms with Gasteiger partial charge >= 0.3 is 0 Å². The van der Waals surface area contributed by atoms with Gasteiger partial charge in [0.15, 0.2) is 0 Å². The van der Waals surface area contributed by atoms with Crippen molar-refractivity contribution >= 4 is 11.8 Å². The molecule has 0 bridgehead atoms. The van der Waals surface area contributed by atoms with E-state index in [4.69, 9.17) is 5.73 Å². The number of carbonyl (C=O) groups excluding carboxylic acids is 2. The highest BCUT2D eigenvalue weighted by molar-refractivity contribution is 5.82. The van der Waals surface area contributed by atoms with Crippen molar-refractivity contribution in [3.8, 4) is 0 Å². The summed E-state index contributed by atoms with van der Waals surface area (Å²) >= 11 is 0. The van der Waals surface area contributed by atoms with Crippen molar-refractivity contribution in [3.63, 3.8) is 0 Å². The minimum absolute atomic E-state index is 0.125. The van der Waals surface area contributed by atoms with Crippen LogP contribution in [0.4, 0.5) is 0 Å².